The molecule has 1 aromatic heterocycles. The lowest BCUT2D eigenvalue weighted by Crippen LogP contribution is -2.15. The zero-order valence-corrected chi connectivity index (χ0v) is 11.1. The molecular weight excluding hydrogens is 244 g/mol. The first-order valence-corrected chi connectivity index (χ1v) is 6.24. The summed E-state index contributed by atoms with van der Waals surface area (Å²) in [6.45, 7) is 4.45. The fourth-order valence-corrected chi connectivity index (χ4v) is 1.88. The van der Waals surface area contributed by atoms with Crippen molar-refractivity contribution in [2.75, 3.05) is 6.61 Å². The molecule has 0 saturated heterocycles. The van der Waals surface area contributed by atoms with Crippen molar-refractivity contribution in [1.82, 2.24) is 0 Å². The molecule has 0 bridgehead atoms. The van der Waals surface area contributed by atoms with E-state index in [1.165, 1.54) is 0 Å². The van der Waals surface area contributed by atoms with Gasteiger partial charge in [0.1, 0.15) is 17.2 Å². The molecule has 3 N–H and O–H groups in total. The van der Waals surface area contributed by atoms with Crippen LogP contribution in [0.25, 0.3) is 11.0 Å². The summed E-state index contributed by atoms with van der Waals surface area (Å²) in [6, 6.07) is 7.75. The molecule has 5 nitrogen and oxygen atoms in total. The van der Waals surface area contributed by atoms with Crippen molar-refractivity contribution >= 4 is 16.8 Å². The summed E-state index contributed by atoms with van der Waals surface area (Å²) < 4.78 is 11.6. The van der Waals surface area contributed by atoms with Gasteiger partial charge in [-0.05, 0) is 12.1 Å². The monoisotopic (exact) mass is 262 g/mol. The third kappa shape index (κ3) is 2.81. The maximum absolute atomic E-state index is 8.50. The van der Waals surface area contributed by atoms with Gasteiger partial charge in [-0.1, -0.05) is 31.1 Å². The van der Waals surface area contributed by atoms with Crippen molar-refractivity contribution in [2.24, 2.45) is 10.9 Å². The lowest BCUT2D eigenvalue weighted by Gasteiger charge is -2.08. The standard InChI is InChI=1S/C14H18N2O3/c1-9(2)13-14(18-8-7-12(15)16-17)10-5-3-4-6-11(10)19-13/h3-6,9,17H,7-8H2,1-2H3,(H2,15,16). The molecule has 0 aliphatic rings. The van der Waals surface area contributed by atoms with Crippen LogP contribution in [0, 0.1) is 0 Å². The molecule has 0 atom stereocenters. The SMILES string of the molecule is CC(C)c1oc2ccccc2c1OCCC(N)=NO. The van der Waals surface area contributed by atoms with E-state index < -0.39 is 0 Å². The van der Waals surface area contributed by atoms with Crippen molar-refractivity contribution in [2.45, 2.75) is 26.2 Å². The second-order valence-corrected chi connectivity index (χ2v) is 4.64. The first kappa shape index (κ1) is 13.3. The highest BCUT2D eigenvalue weighted by Gasteiger charge is 2.17. The summed E-state index contributed by atoms with van der Waals surface area (Å²) in [5, 5.41) is 12.4. The van der Waals surface area contributed by atoms with Crippen molar-refractivity contribution in [3.8, 4) is 5.75 Å². The number of hydrogen-bond donors (Lipinski definition) is 2. The molecule has 102 valence electrons. The van der Waals surface area contributed by atoms with E-state index in [4.69, 9.17) is 20.1 Å². The van der Waals surface area contributed by atoms with Gasteiger partial charge < -0.3 is 20.1 Å². The number of furan rings is 1. The molecule has 1 heterocycles. The molecule has 19 heavy (non-hydrogen) atoms. The molecule has 2 rings (SSSR count). The van der Waals surface area contributed by atoms with E-state index in [2.05, 4.69) is 5.16 Å². The van der Waals surface area contributed by atoms with Crippen LogP contribution in [-0.4, -0.2) is 17.6 Å². The number of oxime groups is 1. The number of fused-ring (bicyclic) bond motifs is 1. The molecule has 2 aromatic rings. The van der Waals surface area contributed by atoms with Crippen LogP contribution in [-0.2, 0) is 0 Å². The third-order valence-electron chi connectivity index (χ3n) is 2.83. The van der Waals surface area contributed by atoms with Crippen LogP contribution in [0.15, 0.2) is 33.8 Å². The van der Waals surface area contributed by atoms with Crippen LogP contribution < -0.4 is 10.5 Å². The molecule has 0 amide bonds. The number of nitrogens with two attached hydrogens (primary N) is 1. The number of nitrogens with zero attached hydrogens (tertiary/aromatic N) is 1. The van der Waals surface area contributed by atoms with Crippen molar-refractivity contribution in [3.63, 3.8) is 0 Å². The Balaban J connectivity index is 2.26. The third-order valence-corrected chi connectivity index (χ3v) is 2.83. The van der Waals surface area contributed by atoms with E-state index in [9.17, 15) is 0 Å². The Morgan fingerprint density at radius 2 is 2.16 bits per heavy atom. The molecule has 5 heteroatoms. The first-order chi connectivity index (χ1) is 9.13. The average molecular weight is 262 g/mol. The van der Waals surface area contributed by atoms with E-state index in [1.807, 2.05) is 38.1 Å². The first-order valence-electron chi connectivity index (χ1n) is 6.24. The lowest BCUT2D eigenvalue weighted by atomic mass is 10.1. The summed E-state index contributed by atoms with van der Waals surface area (Å²) >= 11 is 0. The van der Waals surface area contributed by atoms with Crippen LogP contribution in [0.3, 0.4) is 0 Å². The van der Waals surface area contributed by atoms with E-state index in [0.29, 0.717) is 13.0 Å². The number of rotatable bonds is 5. The minimum atomic E-state index is 0.152. The van der Waals surface area contributed by atoms with Gasteiger partial charge in [0, 0.05) is 12.3 Å². The van der Waals surface area contributed by atoms with Crippen LogP contribution in [0.2, 0.25) is 0 Å². The molecule has 0 spiro atoms. The van der Waals surface area contributed by atoms with Crippen LogP contribution in [0.4, 0.5) is 0 Å². The highest BCUT2D eigenvalue weighted by molar-refractivity contribution is 5.85. The number of hydrogen-bond acceptors (Lipinski definition) is 4. The Morgan fingerprint density at radius 3 is 2.84 bits per heavy atom. The van der Waals surface area contributed by atoms with Gasteiger partial charge in [0.25, 0.3) is 0 Å². The van der Waals surface area contributed by atoms with Gasteiger partial charge >= 0.3 is 0 Å². The molecule has 0 aliphatic heterocycles. The number of para-hydroxylation sites is 1. The molecule has 1 aromatic carbocycles. The lowest BCUT2D eigenvalue weighted by molar-refractivity contribution is 0.301. The van der Waals surface area contributed by atoms with Crippen LogP contribution >= 0.6 is 0 Å². The summed E-state index contributed by atoms with van der Waals surface area (Å²) in [7, 11) is 0. The minimum Gasteiger partial charge on any atom is -0.489 e. The smallest absolute Gasteiger partial charge is 0.168 e. The maximum atomic E-state index is 8.50. The second-order valence-electron chi connectivity index (χ2n) is 4.64. The quantitative estimate of drug-likeness (QED) is 0.375. The Morgan fingerprint density at radius 1 is 1.42 bits per heavy atom. The van der Waals surface area contributed by atoms with Crippen LogP contribution in [0.1, 0.15) is 31.9 Å². The fraction of sp³-hybridized carbons (Fsp3) is 0.357. The number of ether oxygens (including phenoxy) is 1. The van der Waals surface area contributed by atoms with Gasteiger partial charge in [-0.3, -0.25) is 0 Å². The fourth-order valence-electron chi connectivity index (χ4n) is 1.88. The summed E-state index contributed by atoms with van der Waals surface area (Å²) in [5.41, 5.74) is 6.23. The molecule has 0 unspecified atom stereocenters. The van der Waals surface area contributed by atoms with E-state index in [-0.39, 0.29) is 11.8 Å². The highest BCUT2D eigenvalue weighted by Crippen LogP contribution is 2.37. The summed E-state index contributed by atoms with van der Waals surface area (Å²) in [4.78, 5) is 0. The van der Waals surface area contributed by atoms with Gasteiger partial charge in [0.15, 0.2) is 5.75 Å². The highest BCUT2D eigenvalue weighted by atomic mass is 16.5. The Kier molecular flexibility index (Phi) is 3.94. The number of benzene rings is 1. The van der Waals surface area contributed by atoms with Gasteiger partial charge in [0.2, 0.25) is 0 Å². The summed E-state index contributed by atoms with van der Waals surface area (Å²) in [6.07, 6.45) is 0.369. The van der Waals surface area contributed by atoms with Crippen LogP contribution in [0.5, 0.6) is 5.75 Å². The predicted molar refractivity (Wildman–Crippen MR) is 73.8 cm³/mol. The Hall–Kier alpha value is -2.17. The molecule has 0 fully saturated rings. The Labute approximate surface area is 111 Å². The molecule has 0 saturated carbocycles. The maximum Gasteiger partial charge on any atom is 0.168 e. The normalized spacial score (nSPS) is 12.3. The van der Waals surface area contributed by atoms with E-state index in [1.54, 1.807) is 0 Å². The average Bonchev–Trinajstić information content (AvgIpc) is 2.78. The van der Waals surface area contributed by atoms with Gasteiger partial charge in [-0.15, -0.1) is 0 Å². The van der Waals surface area contributed by atoms with Crippen molar-refractivity contribution < 1.29 is 14.4 Å². The number of amidine groups is 1. The Bertz CT molecular complexity index is 587. The zero-order valence-electron chi connectivity index (χ0n) is 11.1. The van der Waals surface area contributed by atoms with Crippen molar-refractivity contribution in [1.29, 1.82) is 0 Å². The topological polar surface area (TPSA) is 81.0 Å². The van der Waals surface area contributed by atoms with E-state index >= 15 is 0 Å². The van der Waals surface area contributed by atoms with Gasteiger partial charge in [-0.2, -0.15) is 0 Å². The zero-order chi connectivity index (χ0) is 13.8. The van der Waals surface area contributed by atoms with E-state index in [0.717, 1.165) is 22.5 Å². The second kappa shape index (κ2) is 5.65. The molecule has 0 aliphatic carbocycles. The van der Waals surface area contributed by atoms with Crippen molar-refractivity contribution in [3.05, 3.63) is 30.0 Å². The predicted octanol–water partition coefficient (Wildman–Crippen LogP) is 3.07. The largest absolute Gasteiger partial charge is 0.489 e. The summed E-state index contributed by atoms with van der Waals surface area (Å²) in [5.74, 6) is 1.95. The molecular formula is C14H18N2O3. The van der Waals surface area contributed by atoms with Gasteiger partial charge in [-0.25, -0.2) is 0 Å². The molecule has 0 radical (unpaired) electrons. The minimum absolute atomic E-state index is 0.152. The van der Waals surface area contributed by atoms with Gasteiger partial charge in [0.05, 0.1) is 12.0 Å².